The SMILES string of the molecule is COc1ccc(C2C(COCc3ccccc3)C(=O)N2Cc2cc(OC)c(OC)c(OC)c2)cc1. The van der Waals surface area contributed by atoms with Gasteiger partial charge in [0.15, 0.2) is 11.5 Å². The summed E-state index contributed by atoms with van der Waals surface area (Å²) in [4.78, 5) is 15.1. The molecule has 1 aliphatic rings. The van der Waals surface area contributed by atoms with Crippen molar-refractivity contribution in [1.82, 2.24) is 4.90 Å². The summed E-state index contributed by atoms with van der Waals surface area (Å²) in [6.07, 6.45) is 0. The molecule has 3 aromatic carbocycles. The van der Waals surface area contributed by atoms with Crippen molar-refractivity contribution in [3.8, 4) is 23.0 Å². The molecule has 2 unspecified atom stereocenters. The zero-order valence-electron chi connectivity index (χ0n) is 20.5. The van der Waals surface area contributed by atoms with Gasteiger partial charge in [-0.1, -0.05) is 42.5 Å². The largest absolute Gasteiger partial charge is 0.497 e. The average Bonchev–Trinajstić information content (AvgIpc) is 2.91. The number of carbonyl (C=O) groups is 1. The van der Waals surface area contributed by atoms with Crippen molar-refractivity contribution >= 4 is 5.91 Å². The summed E-state index contributed by atoms with van der Waals surface area (Å²) in [5, 5.41) is 0. The first-order chi connectivity index (χ1) is 17.1. The van der Waals surface area contributed by atoms with Crippen molar-refractivity contribution in [2.45, 2.75) is 19.2 Å². The Balaban J connectivity index is 1.56. The minimum atomic E-state index is -0.269. The van der Waals surface area contributed by atoms with E-state index in [0.29, 0.717) is 37.0 Å². The molecular formula is C28H31NO6. The van der Waals surface area contributed by atoms with Crippen LogP contribution in [0.2, 0.25) is 0 Å². The standard InChI is InChI=1S/C28H31NO6/c1-31-22-12-10-21(11-13-22)26-23(18-35-17-19-8-6-5-7-9-19)28(30)29(26)16-20-14-24(32-2)27(34-4)25(15-20)33-3/h5-15,23,26H,16-18H2,1-4H3. The Morgan fingerprint density at radius 2 is 1.43 bits per heavy atom. The Kier molecular flexibility index (Phi) is 7.77. The van der Waals surface area contributed by atoms with Crippen molar-refractivity contribution < 1.29 is 28.5 Å². The third-order valence-electron chi connectivity index (χ3n) is 6.26. The lowest BCUT2D eigenvalue weighted by Gasteiger charge is -2.47. The Bertz CT molecular complexity index is 1110. The zero-order chi connectivity index (χ0) is 24.8. The van der Waals surface area contributed by atoms with Crippen LogP contribution in [-0.4, -0.2) is 45.9 Å². The van der Waals surface area contributed by atoms with E-state index in [1.54, 1.807) is 28.4 Å². The smallest absolute Gasteiger partial charge is 0.231 e. The third kappa shape index (κ3) is 5.20. The predicted molar refractivity (Wildman–Crippen MR) is 132 cm³/mol. The van der Waals surface area contributed by atoms with Crippen LogP contribution in [0.25, 0.3) is 0 Å². The van der Waals surface area contributed by atoms with Gasteiger partial charge >= 0.3 is 0 Å². The molecule has 0 aliphatic carbocycles. The van der Waals surface area contributed by atoms with Crippen LogP contribution < -0.4 is 18.9 Å². The van der Waals surface area contributed by atoms with Crippen LogP contribution in [0, 0.1) is 5.92 Å². The molecule has 35 heavy (non-hydrogen) atoms. The Morgan fingerprint density at radius 3 is 2.00 bits per heavy atom. The maximum absolute atomic E-state index is 13.3. The normalized spacial score (nSPS) is 17.0. The molecule has 0 radical (unpaired) electrons. The Hall–Kier alpha value is -3.71. The van der Waals surface area contributed by atoms with E-state index in [1.807, 2.05) is 71.6 Å². The number of amides is 1. The molecule has 2 atom stereocenters. The number of methoxy groups -OCH3 is 4. The van der Waals surface area contributed by atoms with Crippen LogP contribution in [-0.2, 0) is 22.7 Å². The lowest BCUT2D eigenvalue weighted by atomic mass is 9.82. The van der Waals surface area contributed by atoms with Gasteiger partial charge in [-0.15, -0.1) is 0 Å². The molecule has 0 saturated carbocycles. The summed E-state index contributed by atoms with van der Waals surface area (Å²) in [5.41, 5.74) is 3.00. The topological polar surface area (TPSA) is 66.5 Å². The van der Waals surface area contributed by atoms with E-state index in [-0.39, 0.29) is 17.9 Å². The van der Waals surface area contributed by atoms with Crippen LogP contribution in [0.15, 0.2) is 66.7 Å². The molecule has 1 heterocycles. The first kappa shape index (κ1) is 24.4. The van der Waals surface area contributed by atoms with Crippen molar-refractivity contribution in [2.75, 3.05) is 35.0 Å². The second kappa shape index (κ2) is 11.1. The predicted octanol–water partition coefficient (Wildman–Crippen LogP) is 4.64. The van der Waals surface area contributed by atoms with Crippen molar-refractivity contribution in [3.63, 3.8) is 0 Å². The van der Waals surface area contributed by atoms with Gasteiger partial charge in [-0.25, -0.2) is 0 Å². The van der Waals surface area contributed by atoms with Gasteiger partial charge in [-0.05, 0) is 41.0 Å². The summed E-state index contributed by atoms with van der Waals surface area (Å²) in [6, 6.07) is 21.4. The number of hydrogen-bond donors (Lipinski definition) is 0. The van der Waals surface area contributed by atoms with Gasteiger partial charge in [0.2, 0.25) is 11.7 Å². The zero-order valence-corrected chi connectivity index (χ0v) is 20.5. The van der Waals surface area contributed by atoms with Gasteiger partial charge in [0.25, 0.3) is 0 Å². The molecule has 0 aromatic heterocycles. The molecular weight excluding hydrogens is 446 g/mol. The minimum absolute atomic E-state index is 0.0487. The molecule has 7 nitrogen and oxygen atoms in total. The highest BCUT2D eigenvalue weighted by molar-refractivity contribution is 5.86. The molecule has 1 saturated heterocycles. The highest BCUT2D eigenvalue weighted by atomic mass is 16.5. The van der Waals surface area contributed by atoms with Gasteiger partial charge < -0.3 is 28.6 Å². The molecule has 0 N–H and O–H groups in total. The van der Waals surface area contributed by atoms with Crippen molar-refractivity contribution in [1.29, 1.82) is 0 Å². The fourth-order valence-electron chi connectivity index (χ4n) is 4.47. The monoisotopic (exact) mass is 477 g/mol. The Morgan fingerprint density at radius 1 is 0.771 bits per heavy atom. The van der Waals surface area contributed by atoms with E-state index in [9.17, 15) is 4.79 Å². The van der Waals surface area contributed by atoms with E-state index < -0.39 is 0 Å². The van der Waals surface area contributed by atoms with E-state index in [0.717, 1.165) is 22.4 Å². The number of ether oxygens (including phenoxy) is 5. The lowest BCUT2D eigenvalue weighted by molar-refractivity contribution is -0.163. The number of nitrogens with zero attached hydrogens (tertiary/aromatic N) is 1. The molecule has 0 bridgehead atoms. The number of benzene rings is 3. The summed E-state index contributed by atoms with van der Waals surface area (Å²) in [5.74, 6) is 2.18. The molecule has 3 aromatic rings. The van der Waals surface area contributed by atoms with Crippen LogP contribution in [0.1, 0.15) is 22.7 Å². The molecule has 1 amide bonds. The van der Waals surface area contributed by atoms with Crippen LogP contribution in [0.4, 0.5) is 0 Å². The maximum atomic E-state index is 13.3. The second-order valence-electron chi connectivity index (χ2n) is 8.32. The number of carbonyl (C=O) groups excluding carboxylic acids is 1. The minimum Gasteiger partial charge on any atom is -0.497 e. The van der Waals surface area contributed by atoms with Crippen LogP contribution in [0.3, 0.4) is 0 Å². The summed E-state index contributed by atoms with van der Waals surface area (Å²) >= 11 is 0. The molecule has 1 aliphatic heterocycles. The first-order valence-electron chi connectivity index (χ1n) is 11.4. The van der Waals surface area contributed by atoms with Gasteiger partial charge in [0.1, 0.15) is 5.75 Å². The quantitative estimate of drug-likeness (QED) is 0.375. The van der Waals surface area contributed by atoms with Gasteiger partial charge in [-0.3, -0.25) is 4.79 Å². The molecule has 1 fully saturated rings. The highest BCUT2D eigenvalue weighted by Crippen LogP contribution is 2.44. The summed E-state index contributed by atoms with van der Waals surface area (Å²) < 4.78 is 27.7. The fourth-order valence-corrected chi connectivity index (χ4v) is 4.47. The average molecular weight is 478 g/mol. The van der Waals surface area contributed by atoms with E-state index in [4.69, 9.17) is 23.7 Å². The second-order valence-corrected chi connectivity index (χ2v) is 8.32. The van der Waals surface area contributed by atoms with Crippen LogP contribution >= 0.6 is 0 Å². The highest BCUT2D eigenvalue weighted by Gasteiger charge is 2.48. The van der Waals surface area contributed by atoms with Crippen molar-refractivity contribution in [2.24, 2.45) is 5.92 Å². The van der Waals surface area contributed by atoms with Crippen molar-refractivity contribution in [3.05, 3.63) is 83.4 Å². The molecule has 0 spiro atoms. The lowest BCUT2D eigenvalue weighted by Crippen LogP contribution is -2.55. The number of likely N-dealkylation sites (tertiary alicyclic amines) is 1. The van der Waals surface area contributed by atoms with Gasteiger partial charge in [-0.2, -0.15) is 0 Å². The first-order valence-corrected chi connectivity index (χ1v) is 11.4. The van der Waals surface area contributed by atoms with E-state index in [1.165, 1.54) is 0 Å². The van der Waals surface area contributed by atoms with E-state index >= 15 is 0 Å². The molecule has 4 rings (SSSR count). The number of rotatable bonds is 11. The molecule has 184 valence electrons. The van der Waals surface area contributed by atoms with Gasteiger partial charge in [0.05, 0.1) is 53.6 Å². The third-order valence-corrected chi connectivity index (χ3v) is 6.26. The van der Waals surface area contributed by atoms with Crippen LogP contribution in [0.5, 0.6) is 23.0 Å². The van der Waals surface area contributed by atoms with E-state index in [2.05, 4.69) is 0 Å². The summed E-state index contributed by atoms with van der Waals surface area (Å²) in [7, 11) is 6.36. The maximum Gasteiger partial charge on any atom is 0.231 e. The molecule has 7 heteroatoms. The number of β-lactam (4-membered cyclic amide) rings is 1. The van der Waals surface area contributed by atoms with Gasteiger partial charge in [0, 0.05) is 6.54 Å². The Labute approximate surface area is 206 Å². The number of hydrogen-bond acceptors (Lipinski definition) is 6. The fraction of sp³-hybridized carbons (Fsp3) is 0.321. The summed E-state index contributed by atoms with van der Waals surface area (Å²) in [6.45, 7) is 1.21.